The highest BCUT2D eigenvalue weighted by atomic mass is 35.5. The minimum absolute atomic E-state index is 0.553. The number of aromatic nitrogens is 2. The molecule has 0 spiro atoms. The van der Waals surface area contributed by atoms with Crippen molar-refractivity contribution in [1.82, 2.24) is 14.9 Å². The fourth-order valence-corrected chi connectivity index (χ4v) is 4.28. The van der Waals surface area contributed by atoms with Crippen LogP contribution in [0.25, 0.3) is 11.3 Å². The number of nitrogens with one attached hydrogen (secondary N) is 1. The Kier molecular flexibility index (Phi) is 9.96. The molecule has 38 heavy (non-hydrogen) atoms. The van der Waals surface area contributed by atoms with Gasteiger partial charge in [-0.1, -0.05) is 37.6 Å². The lowest BCUT2D eigenvalue weighted by Gasteiger charge is -2.18. The second-order valence-electron chi connectivity index (χ2n) is 9.00. The topological polar surface area (TPSA) is 59.5 Å². The Balaban J connectivity index is 1.33. The molecule has 0 aliphatic carbocycles. The lowest BCUT2D eigenvalue weighted by Crippen LogP contribution is -2.27. The van der Waals surface area contributed by atoms with E-state index in [4.69, 9.17) is 26.1 Å². The first-order valence-corrected chi connectivity index (χ1v) is 13.5. The van der Waals surface area contributed by atoms with Gasteiger partial charge in [0.2, 0.25) is 5.95 Å². The van der Waals surface area contributed by atoms with Crippen LogP contribution in [0.1, 0.15) is 25.1 Å². The number of nitrogens with zero attached hydrogens (tertiary/aromatic N) is 3. The van der Waals surface area contributed by atoms with E-state index in [2.05, 4.69) is 35.1 Å². The zero-order valence-corrected chi connectivity index (χ0v) is 23.0. The molecule has 7 heteroatoms. The number of likely N-dealkylation sites (N-methyl/N-ethyl adjacent to an activating group) is 1. The summed E-state index contributed by atoms with van der Waals surface area (Å²) < 4.78 is 11.8. The van der Waals surface area contributed by atoms with E-state index in [0.717, 1.165) is 70.8 Å². The number of anilines is 2. The van der Waals surface area contributed by atoms with Gasteiger partial charge in [-0.3, -0.25) is 0 Å². The van der Waals surface area contributed by atoms with Crippen molar-refractivity contribution in [3.8, 4) is 22.8 Å². The molecule has 0 aliphatic heterocycles. The van der Waals surface area contributed by atoms with E-state index in [0.29, 0.717) is 19.2 Å². The Bertz CT molecular complexity index is 1290. The molecule has 1 heterocycles. The van der Waals surface area contributed by atoms with Gasteiger partial charge in [-0.25, -0.2) is 9.97 Å². The number of aryl methyl sites for hydroxylation is 1. The Labute approximate surface area is 230 Å². The third-order valence-electron chi connectivity index (χ3n) is 6.23. The predicted octanol–water partition coefficient (Wildman–Crippen LogP) is 7.19. The van der Waals surface area contributed by atoms with Gasteiger partial charge in [0.1, 0.15) is 18.1 Å². The summed E-state index contributed by atoms with van der Waals surface area (Å²) in [5.41, 5.74) is 4.79. The lowest BCUT2D eigenvalue weighted by molar-refractivity contribution is 0.223. The highest BCUT2D eigenvalue weighted by Gasteiger charge is 2.07. The molecule has 0 amide bonds. The third-order valence-corrected chi connectivity index (χ3v) is 6.47. The van der Waals surface area contributed by atoms with Crippen molar-refractivity contribution in [2.45, 2.75) is 27.2 Å². The van der Waals surface area contributed by atoms with Crippen molar-refractivity contribution in [3.05, 3.63) is 95.1 Å². The fraction of sp³-hybridized carbons (Fsp3) is 0.290. The van der Waals surface area contributed by atoms with Crippen LogP contribution in [-0.2, 0) is 6.42 Å². The van der Waals surface area contributed by atoms with Gasteiger partial charge in [-0.15, -0.1) is 0 Å². The first kappa shape index (κ1) is 27.4. The molecule has 3 aromatic carbocycles. The Morgan fingerprint density at radius 3 is 2.18 bits per heavy atom. The van der Waals surface area contributed by atoms with Crippen molar-refractivity contribution >= 4 is 23.2 Å². The number of rotatable bonds is 13. The molecule has 198 valence electrons. The summed E-state index contributed by atoms with van der Waals surface area (Å²) in [6, 6.07) is 25.7. The summed E-state index contributed by atoms with van der Waals surface area (Å²) in [7, 11) is 0. The molecule has 0 fully saturated rings. The summed E-state index contributed by atoms with van der Waals surface area (Å²) in [5.74, 6) is 2.22. The predicted molar refractivity (Wildman–Crippen MR) is 156 cm³/mol. The van der Waals surface area contributed by atoms with Crippen LogP contribution in [0.15, 0.2) is 78.9 Å². The molecule has 4 rings (SSSR count). The maximum Gasteiger partial charge on any atom is 0.227 e. The van der Waals surface area contributed by atoms with Gasteiger partial charge in [0, 0.05) is 34.9 Å². The van der Waals surface area contributed by atoms with Crippen molar-refractivity contribution in [1.29, 1.82) is 0 Å². The number of hydrogen-bond donors (Lipinski definition) is 1. The number of ether oxygens (including phenoxy) is 2. The molecule has 0 unspecified atom stereocenters. The number of hydrogen-bond acceptors (Lipinski definition) is 6. The summed E-state index contributed by atoms with van der Waals surface area (Å²) >= 11 is 6.06. The standard InChI is InChI=1S/C31H35ClN4O2/c1-4-36(5-2)18-20-38-29-15-11-27(12-16-29)34-31-33-23(3)21-30(35-31)25-9-13-28(14-10-25)37-19-17-24-7-6-8-26(32)22-24/h6-16,21-22H,4-5,17-20H2,1-3H3,(H,33,34,35). The molecule has 1 aromatic heterocycles. The molecule has 1 N–H and O–H groups in total. The fourth-order valence-electron chi connectivity index (χ4n) is 4.07. The maximum absolute atomic E-state index is 6.06. The average molecular weight is 531 g/mol. The summed E-state index contributed by atoms with van der Waals surface area (Å²) in [5, 5.41) is 4.06. The normalized spacial score (nSPS) is 11.0. The van der Waals surface area contributed by atoms with Gasteiger partial charge >= 0.3 is 0 Å². The van der Waals surface area contributed by atoms with E-state index in [1.54, 1.807) is 0 Å². The quantitative estimate of drug-likeness (QED) is 0.197. The summed E-state index contributed by atoms with van der Waals surface area (Å²) in [6.45, 7) is 10.5. The molecule has 6 nitrogen and oxygen atoms in total. The number of benzene rings is 3. The smallest absolute Gasteiger partial charge is 0.227 e. The molecule has 0 saturated carbocycles. The second kappa shape index (κ2) is 13.8. The van der Waals surface area contributed by atoms with Gasteiger partial charge in [-0.2, -0.15) is 0 Å². The Morgan fingerprint density at radius 2 is 1.50 bits per heavy atom. The third kappa shape index (κ3) is 8.20. The minimum atomic E-state index is 0.553. The zero-order chi connectivity index (χ0) is 26.7. The zero-order valence-electron chi connectivity index (χ0n) is 22.3. The maximum atomic E-state index is 6.06. The minimum Gasteiger partial charge on any atom is -0.493 e. The monoisotopic (exact) mass is 530 g/mol. The summed E-state index contributed by atoms with van der Waals surface area (Å²) in [6.07, 6.45) is 0.797. The van der Waals surface area contributed by atoms with Crippen LogP contribution in [0.5, 0.6) is 11.5 Å². The van der Waals surface area contributed by atoms with Gasteiger partial charge < -0.3 is 19.7 Å². The molecule has 0 atom stereocenters. The van der Waals surface area contributed by atoms with Crippen LogP contribution in [0, 0.1) is 6.92 Å². The van der Waals surface area contributed by atoms with Gasteiger partial charge in [0.25, 0.3) is 0 Å². The van der Waals surface area contributed by atoms with Gasteiger partial charge in [0.15, 0.2) is 0 Å². The second-order valence-corrected chi connectivity index (χ2v) is 9.43. The van der Waals surface area contributed by atoms with E-state index in [1.807, 2.05) is 79.7 Å². The molecule has 0 aliphatic rings. The average Bonchev–Trinajstić information content (AvgIpc) is 2.92. The first-order chi connectivity index (χ1) is 18.5. The Morgan fingerprint density at radius 1 is 0.816 bits per heavy atom. The van der Waals surface area contributed by atoms with Crippen LogP contribution >= 0.6 is 11.6 Å². The highest BCUT2D eigenvalue weighted by Crippen LogP contribution is 2.24. The highest BCUT2D eigenvalue weighted by molar-refractivity contribution is 6.30. The molecule has 0 saturated heterocycles. The van der Waals surface area contributed by atoms with E-state index in [1.165, 1.54) is 0 Å². The molecule has 0 bridgehead atoms. The van der Waals surface area contributed by atoms with E-state index in [9.17, 15) is 0 Å². The van der Waals surface area contributed by atoms with Crippen molar-refractivity contribution < 1.29 is 9.47 Å². The van der Waals surface area contributed by atoms with Gasteiger partial charge in [-0.05, 0) is 92.3 Å². The lowest BCUT2D eigenvalue weighted by atomic mass is 10.1. The Hall–Kier alpha value is -3.61. The SMILES string of the molecule is CCN(CC)CCOc1ccc(Nc2nc(C)cc(-c3ccc(OCCc4cccc(Cl)c4)cc3)n2)cc1. The molecule has 4 aromatic rings. The van der Waals surface area contributed by atoms with Crippen molar-refractivity contribution in [3.63, 3.8) is 0 Å². The van der Waals surface area contributed by atoms with Crippen molar-refractivity contribution in [2.24, 2.45) is 0 Å². The van der Waals surface area contributed by atoms with Crippen LogP contribution in [0.4, 0.5) is 11.6 Å². The largest absolute Gasteiger partial charge is 0.493 e. The van der Waals surface area contributed by atoms with E-state index >= 15 is 0 Å². The van der Waals surface area contributed by atoms with E-state index < -0.39 is 0 Å². The van der Waals surface area contributed by atoms with Crippen LogP contribution < -0.4 is 14.8 Å². The van der Waals surface area contributed by atoms with Crippen LogP contribution in [-0.4, -0.2) is 47.7 Å². The summed E-state index contributed by atoms with van der Waals surface area (Å²) in [4.78, 5) is 11.6. The van der Waals surface area contributed by atoms with Gasteiger partial charge in [0.05, 0.1) is 12.3 Å². The molecule has 0 radical (unpaired) electrons. The van der Waals surface area contributed by atoms with Crippen LogP contribution in [0.3, 0.4) is 0 Å². The molecular weight excluding hydrogens is 496 g/mol. The van der Waals surface area contributed by atoms with Crippen LogP contribution in [0.2, 0.25) is 5.02 Å². The first-order valence-electron chi connectivity index (χ1n) is 13.1. The van der Waals surface area contributed by atoms with E-state index in [-0.39, 0.29) is 0 Å². The van der Waals surface area contributed by atoms with Crippen molar-refractivity contribution in [2.75, 3.05) is 38.2 Å². The molecular formula is C31H35ClN4O2. The number of halogens is 1.